The second-order valence-corrected chi connectivity index (χ2v) is 19.1. The summed E-state index contributed by atoms with van der Waals surface area (Å²) in [5.74, 6) is -0.374. The molecular formula is C52H98O14. The Morgan fingerprint density at radius 3 is 1.38 bits per heavy atom. The average molecular weight is 947 g/mol. The van der Waals surface area contributed by atoms with Gasteiger partial charge in [0.2, 0.25) is 0 Å². The van der Waals surface area contributed by atoms with Gasteiger partial charge in [-0.2, -0.15) is 0 Å². The lowest BCUT2D eigenvalue weighted by molar-refractivity contribution is -0.332. The molecule has 11 unspecified atom stereocenters. The van der Waals surface area contributed by atoms with Gasteiger partial charge in [-0.15, -0.1) is 0 Å². The van der Waals surface area contributed by atoms with Crippen LogP contribution in [0, 0.1) is 0 Å². The van der Waals surface area contributed by atoms with Crippen molar-refractivity contribution in [3.8, 4) is 0 Å². The number of aliphatic hydroxyl groups is 7. The van der Waals surface area contributed by atoms with Gasteiger partial charge >= 0.3 is 5.97 Å². The Morgan fingerprint density at radius 1 is 0.485 bits per heavy atom. The van der Waals surface area contributed by atoms with Crippen molar-refractivity contribution in [3.63, 3.8) is 0 Å². The zero-order chi connectivity index (χ0) is 48.0. The summed E-state index contributed by atoms with van der Waals surface area (Å²) in [4.78, 5) is 13.0. The summed E-state index contributed by atoms with van der Waals surface area (Å²) in [5, 5.41) is 72.1. The Bertz CT molecular complexity index is 1140. The highest BCUT2D eigenvalue weighted by molar-refractivity contribution is 5.69. The van der Waals surface area contributed by atoms with Crippen molar-refractivity contribution >= 4 is 5.97 Å². The van der Waals surface area contributed by atoms with Crippen molar-refractivity contribution in [1.29, 1.82) is 0 Å². The van der Waals surface area contributed by atoms with Crippen molar-refractivity contribution in [2.75, 3.05) is 33.0 Å². The van der Waals surface area contributed by atoms with E-state index >= 15 is 0 Å². The highest BCUT2D eigenvalue weighted by Crippen LogP contribution is 2.26. The van der Waals surface area contributed by atoms with Gasteiger partial charge in [-0.25, -0.2) is 0 Å². The number of carbonyl (C=O) groups is 1. The minimum absolute atomic E-state index is 0.0666. The normalized spacial score (nSPS) is 26.3. The van der Waals surface area contributed by atoms with Crippen molar-refractivity contribution in [1.82, 2.24) is 0 Å². The molecule has 0 aromatic heterocycles. The molecule has 0 aliphatic carbocycles. The molecule has 14 heteroatoms. The van der Waals surface area contributed by atoms with Crippen LogP contribution in [0.5, 0.6) is 0 Å². The van der Waals surface area contributed by atoms with Crippen LogP contribution in [0.25, 0.3) is 0 Å². The molecule has 2 aliphatic rings. The standard InChI is InChI=1S/C52H98O14/c1-3-5-7-9-11-13-15-17-18-19-20-21-22-23-25-27-29-31-33-35-44(54)64-41(38-61-36-34-32-30-28-26-24-16-14-12-10-8-6-4-2)39-62-51-50(60)48(58)46(56)43(66-51)40-63-52-49(59)47(57)45(55)42(37-53)65-52/h17-18,41-43,45-53,55-60H,3-16,19-40H2,1-2H3/b18-17-. The molecule has 2 saturated heterocycles. The first kappa shape index (κ1) is 60.9. The lowest BCUT2D eigenvalue weighted by Crippen LogP contribution is -2.61. The molecule has 2 fully saturated rings. The van der Waals surface area contributed by atoms with Gasteiger partial charge in [0.05, 0.1) is 26.4 Å². The molecular weight excluding hydrogens is 849 g/mol. The van der Waals surface area contributed by atoms with Gasteiger partial charge in [-0.05, 0) is 38.5 Å². The zero-order valence-corrected chi connectivity index (χ0v) is 41.4. The second-order valence-electron chi connectivity index (χ2n) is 19.1. The molecule has 2 aliphatic heterocycles. The maximum absolute atomic E-state index is 13.0. The Balaban J connectivity index is 1.74. The monoisotopic (exact) mass is 947 g/mol. The number of rotatable bonds is 43. The molecule has 2 rings (SSSR count). The quantitative estimate of drug-likeness (QED) is 0.0174. The SMILES string of the molecule is CCCCCCCC/C=C\CCCCCCCCCCCC(=O)OC(COCCCCCCCCCCCCCCC)COC1OC(COC2OC(CO)C(O)C(O)C2O)C(O)C(O)C1O. The van der Waals surface area contributed by atoms with Crippen LogP contribution in [0.15, 0.2) is 12.2 Å². The molecule has 0 bridgehead atoms. The predicted molar refractivity (Wildman–Crippen MR) is 257 cm³/mol. The predicted octanol–water partition coefficient (Wildman–Crippen LogP) is 8.24. The van der Waals surface area contributed by atoms with Gasteiger partial charge in [0.15, 0.2) is 12.6 Å². The van der Waals surface area contributed by atoms with Crippen LogP contribution in [0.2, 0.25) is 0 Å². The molecule has 0 amide bonds. The zero-order valence-electron chi connectivity index (χ0n) is 41.4. The summed E-state index contributed by atoms with van der Waals surface area (Å²) < 4.78 is 34.3. The van der Waals surface area contributed by atoms with Gasteiger partial charge in [-0.3, -0.25) is 4.79 Å². The van der Waals surface area contributed by atoms with E-state index in [1.807, 2.05) is 0 Å². The van der Waals surface area contributed by atoms with Crippen LogP contribution in [-0.4, -0.2) is 142 Å². The van der Waals surface area contributed by atoms with Gasteiger partial charge in [0.1, 0.15) is 54.9 Å². The summed E-state index contributed by atoms with van der Waals surface area (Å²) in [6.07, 6.45) is 25.5. The number of hydrogen-bond acceptors (Lipinski definition) is 14. The van der Waals surface area contributed by atoms with E-state index in [2.05, 4.69) is 26.0 Å². The first-order valence-corrected chi connectivity index (χ1v) is 26.8. The summed E-state index contributed by atoms with van der Waals surface area (Å²) in [5.41, 5.74) is 0. The lowest BCUT2D eigenvalue weighted by Gasteiger charge is -2.42. The van der Waals surface area contributed by atoms with E-state index in [-0.39, 0.29) is 25.6 Å². The number of allylic oxidation sites excluding steroid dienone is 2. The maximum atomic E-state index is 13.0. The van der Waals surface area contributed by atoms with Gasteiger partial charge in [0.25, 0.3) is 0 Å². The average Bonchev–Trinajstić information content (AvgIpc) is 3.31. The van der Waals surface area contributed by atoms with Crippen LogP contribution in [0.1, 0.15) is 213 Å². The van der Waals surface area contributed by atoms with Crippen LogP contribution < -0.4 is 0 Å². The molecule has 390 valence electrons. The first-order valence-electron chi connectivity index (χ1n) is 26.8. The number of ether oxygens (including phenoxy) is 6. The third-order valence-corrected chi connectivity index (χ3v) is 13.0. The topological polar surface area (TPSA) is 214 Å². The minimum atomic E-state index is -1.70. The Kier molecular flexibility index (Phi) is 37.3. The first-order chi connectivity index (χ1) is 32.1. The summed E-state index contributed by atoms with van der Waals surface area (Å²) in [6, 6.07) is 0. The third kappa shape index (κ3) is 27.8. The van der Waals surface area contributed by atoms with E-state index in [4.69, 9.17) is 28.4 Å². The highest BCUT2D eigenvalue weighted by Gasteiger charge is 2.47. The summed E-state index contributed by atoms with van der Waals surface area (Å²) >= 11 is 0. The van der Waals surface area contributed by atoms with Crippen molar-refractivity contribution in [3.05, 3.63) is 12.2 Å². The maximum Gasteiger partial charge on any atom is 0.306 e. The fourth-order valence-corrected chi connectivity index (χ4v) is 8.63. The summed E-state index contributed by atoms with van der Waals surface area (Å²) in [7, 11) is 0. The Hall–Kier alpha value is -1.27. The molecule has 2 heterocycles. The van der Waals surface area contributed by atoms with Crippen LogP contribution in [-0.2, 0) is 33.2 Å². The van der Waals surface area contributed by atoms with E-state index in [0.29, 0.717) is 13.0 Å². The van der Waals surface area contributed by atoms with E-state index < -0.39 is 80.7 Å². The number of hydrogen-bond donors (Lipinski definition) is 7. The van der Waals surface area contributed by atoms with E-state index in [1.54, 1.807) is 0 Å². The van der Waals surface area contributed by atoms with Crippen LogP contribution >= 0.6 is 0 Å². The second kappa shape index (κ2) is 40.5. The molecule has 7 N–H and O–H groups in total. The van der Waals surface area contributed by atoms with Gasteiger partial charge in [-0.1, -0.05) is 180 Å². The Morgan fingerprint density at radius 2 is 0.894 bits per heavy atom. The largest absolute Gasteiger partial charge is 0.457 e. The highest BCUT2D eigenvalue weighted by atomic mass is 16.7. The van der Waals surface area contributed by atoms with E-state index in [0.717, 1.165) is 38.5 Å². The number of unbranched alkanes of at least 4 members (excludes halogenated alkanes) is 27. The third-order valence-electron chi connectivity index (χ3n) is 13.0. The van der Waals surface area contributed by atoms with Crippen molar-refractivity contribution in [2.45, 2.75) is 280 Å². The molecule has 66 heavy (non-hydrogen) atoms. The molecule has 0 aromatic carbocycles. The number of aliphatic hydroxyl groups excluding tert-OH is 7. The molecule has 0 radical (unpaired) electrons. The van der Waals surface area contributed by atoms with Crippen molar-refractivity contribution < 1.29 is 69.0 Å². The fraction of sp³-hybridized carbons (Fsp3) is 0.942. The smallest absolute Gasteiger partial charge is 0.306 e. The van der Waals surface area contributed by atoms with Crippen LogP contribution in [0.4, 0.5) is 0 Å². The molecule has 0 saturated carbocycles. The molecule has 0 aromatic rings. The summed E-state index contributed by atoms with van der Waals surface area (Å²) in [6.45, 7) is 3.72. The molecule has 0 spiro atoms. The van der Waals surface area contributed by atoms with E-state index in [9.17, 15) is 40.5 Å². The van der Waals surface area contributed by atoms with Crippen LogP contribution in [0.3, 0.4) is 0 Å². The molecule has 11 atom stereocenters. The lowest BCUT2D eigenvalue weighted by atomic mass is 9.98. The number of carbonyl (C=O) groups excluding carboxylic acids is 1. The fourth-order valence-electron chi connectivity index (χ4n) is 8.63. The minimum Gasteiger partial charge on any atom is -0.457 e. The Labute approximate surface area is 399 Å². The van der Waals surface area contributed by atoms with Gasteiger partial charge < -0.3 is 64.2 Å². The van der Waals surface area contributed by atoms with Gasteiger partial charge in [0, 0.05) is 13.0 Å². The van der Waals surface area contributed by atoms with Crippen molar-refractivity contribution in [2.24, 2.45) is 0 Å². The number of esters is 1. The molecule has 14 nitrogen and oxygen atoms in total. The van der Waals surface area contributed by atoms with E-state index in [1.165, 1.54) is 148 Å².